The summed E-state index contributed by atoms with van der Waals surface area (Å²) in [4.78, 5) is 21.4. The average molecular weight is 190 g/mol. The van der Waals surface area contributed by atoms with Crippen molar-refractivity contribution in [2.75, 3.05) is 0 Å². The molecule has 76 valence electrons. The SMILES string of the molecule is [2H]CC(C)(C)OC(=O)N[C@@H](C)C(=O)O. The molecule has 0 aromatic heterocycles. The van der Waals surface area contributed by atoms with Crippen molar-refractivity contribution in [2.24, 2.45) is 0 Å². The Morgan fingerprint density at radius 3 is 2.54 bits per heavy atom. The molecule has 0 aliphatic rings. The maximum atomic E-state index is 11.1. The fourth-order valence-corrected chi connectivity index (χ4v) is 0.519. The van der Waals surface area contributed by atoms with E-state index in [1.807, 2.05) is 0 Å². The summed E-state index contributed by atoms with van der Waals surface area (Å²) in [6.07, 6.45) is -0.822. The molecule has 0 unspecified atom stereocenters. The number of nitrogens with one attached hydrogen (secondary N) is 1. The topological polar surface area (TPSA) is 75.6 Å². The molecule has 0 saturated carbocycles. The minimum Gasteiger partial charge on any atom is -0.480 e. The zero-order valence-electron chi connectivity index (χ0n) is 8.96. The van der Waals surface area contributed by atoms with Crippen LogP contribution >= 0.6 is 0 Å². The molecular formula is C8H15NO4. The summed E-state index contributed by atoms with van der Waals surface area (Å²) in [5, 5.41) is 10.6. The number of carboxylic acids is 1. The zero-order chi connectivity index (χ0) is 11.4. The van der Waals surface area contributed by atoms with Crippen molar-refractivity contribution in [1.82, 2.24) is 5.32 Å². The molecule has 5 nitrogen and oxygen atoms in total. The van der Waals surface area contributed by atoms with Crippen LogP contribution in [0.15, 0.2) is 0 Å². The fourth-order valence-electron chi connectivity index (χ4n) is 0.519. The van der Waals surface area contributed by atoms with Gasteiger partial charge in [0.1, 0.15) is 11.6 Å². The predicted molar refractivity (Wildman–Crippen MR) is 46.5 cm³/mol. The Labute approximate surface area is 78.5 Å². The number of carboxylic acid groups (broad SMARTS) is 1. The van der Waals surface area contributed by atoms with Gasteiger partial charge in [0.2, 0.25) is 0 Å². The Morgan fingerprint density at radius 1 is 1.62 bits per heavy atom. The molecule has 0 aliphatic carbocycles. The van der Waals surface area contributed by atoms with Gasteiger partial charge in [-0.3, -0.25) is 4.79 Å². The van der Waals surface area contributed by atoms with E-state index in [0.29, 0.717) is 0 Å². The first kappa shape index (κ1) is 9.83. The molecule has 0 radical (unpaired) electrons. The number of carbonyl (C=O) groups excluding carboxylic acids is 1. The van der Waals surface area contributed by atoms with Gasteiger partial charge in [-0.15, -0.1) is 0 Å². The number of ether oxygens (including phenoxy) is 1. The third kappa shape index (κ3) is 5.95. The lowest BCUT2D eigenvalue weighted by Crippen LogP contribution is -2.41. The van der Waals surface area contributed by atoms with Gasteiger partial charge in [0.25, 0.3) is 0 Å². The lowest BCUT2D eigenvalue weighted by atomic mass is 10.2. The van der Waals surface area contributed by atoms with Crippen molar-refractivity contribution in [2.45, 2.75) is 39.3 Å². The summed E-state index contributed by atoms with van der Waals surface area (Å²) < 4.78 is 11.9. The van der Waals surface area contributed by atoms with Gasteiger partial charge in [0.05, 0.1) is 0 Å². The van der Waals surface area contributed by atoms with Crippen LogP contribution in [0.4, 0.5) is 4.79 Å². The van der Waals surface area contributed by atoms with E-state index < -0.39 is 23.7 Å². The third-order valence-corrected chi connectivity index (χ3v) is 1.07. The second-order valence-electron chi connectivity index (χ2n) is 3.35. The fraction of sp³-hybridized carbons (Fsp3) is 0.750. The van der Waals surface area contributed by atoms with Crippen LogP contribution in [-0.4, -0.2) is 28.8 Å². The van der Waals surface area contributed by atoms with Crippen molar-refractivity contribution < 1.29 is 20.8 Å². The number of amides is 1. The highest BCUT2D eigenvalue weighted by molar-refractivity contribution is 5.79. The van der Waals surface area contributed by atoms with Crippen LogP contribution in [0.1, 0.15) is 29.0 Å². The second kappa shape index (κ2) is 4.11. The Morgan fingerprint density at radius 2 is 2.15 bits per heavy atom. The van der Waals surface area contributed by atoms with Crippen molar-refractivity contribution in [3.63, 3.8) is 0 Å². The molecule has 1 atom stereocenters. The van der Waals surface area contributed by atoms with E-state index in [-0.39, 0.29) is 6.90 Å². The molecule has 0 aliphatic heterocycles. The molecule has 0 aromatic carbocycles. The lowest BCUT2D eigenvalue weighted by Gasteiger charge is -2.20. The molecule has 0 heterocycles. The van der Waals surface area contributed by atoms with Gasteiger partial charge in [0, 0.05) is 1.37 Å². The number of rotatable bonds is 2. The van der Waals surface area contributed by atoms with Crippen LogP contribution in [0.5, 0.6) is 0 Å². The third-order valence-electron chi connectivity index (χ3n) is 1.07. The van der Waals surface area contributed by atoms with E-state index in [4.69, 9.17) is 11.2 Å². The quantitative estimate of drug-likeness (QED) is 0.680. The van der Waals surface area contributed by atoms with E-state index in [0.717, 1.165) is 0 Å². The number of alkyl carbamates (subject to hydrolysis) is 1. The molecular weight excluding hydrogens is 174 g/mol. The maximum absolute atomic E-state index is 11.1. The molecule has 0 aromatic rings. The highest BCUT2D eigenvalue weighted by atomic mass is 16.6. The number of aliphatic carboxylic acids is 1. The molecule has 0 spiro atoms. The summed E-state index contributed by atoms with van der Waals surface area (Å²) in [6, 6.07) is -0.996. The van der Waals surface area contributed by atoms with Crippen LogP contribution < -0.4 is 5.32 Å². The number of carbonyl (C=O) groups is 2. The predicted octanol–water partition coefficient (Wildman–Crippen LogP) is 0.984. The van der Waals surface area contributed by atoms with Gasteiger partial charge in [-0.1, -0.05) is 0 Å². The molecule has 0 saturated heterocycles. The van der Waals surface area contributed by atoms with Gasteiger partial charge in [0.15, 0.2) is 0 Å². The second-order valence-corrected chi connectivity index (χ2v) is 3.35. The first-order valence-electron chi connectivity index (χ1n) is 4.51. The maximum Gasteiger partial charge on any atom is 0.408 e. The average Bonchev–Trinajstić information content (AvgIpc) is 2.02. The van der Waals surface area contributed by atoms with Crippen LogP contribution in [0.2, 0.25) is 0 Å². The van der Waals surface area contributed by atoms with Gasteiger partial charge < -0.3 is 15.2 Å². The van der Waals surface area contributed by atoms with Crippen molar-refractivity contribution in [3.05, 3.63) is 0 Å². The van der Waals surface area contributed by atoms with Gasteiger partial charge in [-0.25, -0.2) is 4.79 Å². The standard InChI is InChI=1S/C8H15NO4/c1-5(6(10)11)9-7(12)13-8(2,3)4/h5H,1-4H3,(H,9,12)(H,10,11)/t5-/m0/s1/i2D. The van der Waals surface area contributed by atoms with Crippen molar-refractivity contribution in [1.29, 1.82) is 0 Å². The molecule has 13 heavy (non-hydrogen) atoms. The van der Waals surface area contributed by atoms with Gasteiger partial charge >= 0.3 is 12.1 Å². The Hall–Kier alpha value is -1.26. The summed E-state index contributed by atoms with van der Waals surface area (Å²) >= 11 is 0. The minimum atomic E-state index is -1.13. The number of hydrogen-bond acceptors (Lipinski definition) is 3. The summed E-state index contributed by atoms with van der Waals surface area (Å²) in [6.45, 7) is 4.40. The minimum absolute atomic E-state index is 0.0815. The smallest absolute Gasteiger partial charge is 0.408 e. The molecule has 1 amide bonds. The van der Waals surface area contributed by atoms with E-state index in [2.05, 4.69) is 5.32 Å². The Balaban J connectivity index is 4.05. The van der Waals surface area contributed by atoms with Gasteiger partial charge in [-0.2, -0.15) is 0 Å². The van der Waals surface area contributed by atoms with Gasteiger partial charge in [-0.05, 0) is 27.7 Å². The highest BCUT2D eigenvalue weighted by Crippen LogP contribution is 2.06. The summed E-state index contributed by atoms with van der Waals surface area (Å²) in [5.74, 6) is -1.13. The summed E-state index contributed by atoms with van der Waals surface area (Å²) in [5.41, 5.74) is -0.900. The molecule has 0 bridgehead atoms. The first-order valence-corrected chi connectivity index (χ1v) is 3.80. The van der Waals surface area contributed by atoms with Crippen LogP contribution in [0, 0.1) is 0 Å². The van der Waals surface area contributed by atoms with Crippen LogP contribution in [-0.2, 0) is 9.53 Å². The lowest BCUT2D eigenvalue weighted by molar-refractivity contribution is -0.139. The molecule has 0 rings (SSSR count). The normalized spacial score (nSPS) is 14.2. The Kier molecular flexibility index (Phi) is 3.11. The monoisotopic (exact) mass is 190 g/mol. The zero-order valence-corrected chi connectivity index (χ0v) is 7.96. The van der Waals surface area contributed by atoms with E-state index in [1.165, 1.54) is 6.92 Å². The van der Waals surface area contributed by atoms with Crippen molar-refractivity contribution in [3.8, 4) is 0 Å². The first-order chi connectivity index (χ1) is 6.28. The molecule has 5 heteroatoms. The van der Waals surface area contributed by atoms with Crippen LogP contribution in [0.3, 0.4) is 0 Å². The van der Waals surface area contributed by atoms with E-state index in [1.54, 1.807) is 13.8 Å². The van der Waals surface area contributed by atoms with Crippen molar-refractivity contribution >= 4 is 12.1 Å². The number of hydrogen-bond donors (Lipinski definition) is 2. The highest BCUT2D eigenvalue weighted by Gasteiger charge is 2.20. The Bertz CT molecular complexity index is 229. The van der Waals surface area contributed by atoms with E-state index in [9.17, 15) is 9.59 Å². The van der Waals surface area contributed by atoms with Crippen LogP contribution in [0.25, 0.3) is 0 Å². The summed E-state index contributed by atoms with van der Waals surface area (Å²) in [7, 11) is 0. The molecule has 2 N–H and O–H groups in total. The van der Waals surface area contributed by atoms with E-state index >= 15 is 0 Å². The largest absolute Gasteiger partial charge is 0.480 e. The molecule has 0 fully saturated rings.